The molecule has 0 atom stereocenters. The summed E-state index contributed by atoms with van der Waals surface area (Å²) in [6.07, 6.45) is 0. The molecule has 0 aliphatic heterocycles. The van der Waals surface area contributed by atoms with Crippen LogP contribution in [0.3, 0.4) is 0 Å². The number of H-pyrrole nitrogens is 1. The van der Waals surface area contributed by atoms with Gasteiger partial charge in [0.15, 0.2) is 10.6 Å². The molecule has 0 aliphatic rings. The molecule has 0 fully saturated rings. The number of carbonyl (C=O) groups is 1. The van der Waals surface area contributed by atoms with Gasteiger partial charge in [-0.05, 0) is 66.4 Å². The second-order valence-electron chi connectivity index (χ2n) is 5.82. The Labute approximate surface area is 164 Å². The molecule has 25 heavy (non-hydrogen) atoms. The van der Waals surface area contributed by atoms with Gasteiger partial charge in [-0.25, -0.2) is 0 Å². The molecular weight excluding hydrogens is 447 g/mol. The molecule has 5 nitrogen and oxygen atoms in total. The van der Waals surface area contributed by atoms with Crippen molar-refractivity contribution in [3.8, 4) is 11.4 Å². The molecule has 0 spiro atoms. The molecule has 128 valence electrons. The van der Waals surface area contributed by atoms with Crippen molar-refractivity contribution in [1.29, 1.82) is 0 Å². The smallest absolute Gasteiger partial charge is 0.244 e. The first-order valence-electron chi connectivity index (χ1n) is 7.72. The van der Waals surface area contributed by atoms with Gasteiger partial charge in [-0.15, -0.1) is 0 Å². The van der Waals surface area contributed by atoms with Gasteiger partial charge in [0.2, 0.25) is 5.91 Å². The van der Waals surface area contributed by atoms with Crippen LogP contribution in [0.25, 0.3) is 11.4 Å². The van der Waals surface area contributed by atoms with Crippen LogP contribution in [-0.4, -0.2) is 20.7 Å². The fourth-order valence-electron chi connectivity index (χ4n) is 2.40. The molecule has 1 amide bonds. The number of anilines is 1. The summed E-state index contributed by atoms with van der Waals surface area (Å²) in [7, 11) is 0. The Hall–Kier alpha value is -2.00. The summed E-state index contributed by atoms with van der Waals surface area (Å²) in [5.74, 6) is 0.504. The van der Waals surface area contributed by atoms with Gasteiger partial charge in [0.1, 0.15) is 6.54 Å². The lowest BCUT2D eigenvalue weighted by molar-refractivity contribution is -0.116. The van der Waals surface area contributed by atoms with Crippen molar-refractivity contribution in [1.82, 2.24) is 14.8 Å². The van der Waals surface area contributed by atoms with Crippen LogP contribution < -0.4 is 5.32 Å². The third-order valence-electron chi connectivity index (χ3n) is 3.83. The summed E-state index contributed by atoms with van der Waals surface area (Å²) in [5, 5.41) is 9.95. The van der Waals surface area contributed by atoms with Crippen LogP contribution in [0.5, 0.6) is 0 Å². The van der Waals surface area contributed by atoms with Gasteiger partial charge in [0.05, 0.1) is 0 Å². The Morgan fingerprint density at radius 2 is 1.96 bits per heavy atom. The molecule has 1 aromatic heterocycles. The molecule has 0 aliphatic carbocycles. The average Bonchev–Trinajstić information content (AvgIpc) is 2.93. The zero-order valence-electron chi connectivity index (χ0n) is 13.8. The fourth-order valence-corrected chi connectivity index (χ4v) is 3.11. The minimum atomic E-state index is -0.148. The molecule has 7 heteroatoms. The van der Waals surface area contributed by atoms with E-state index in [1.54, 1.807) is 4.57 Å². The molecular formula is C18H17IN4OS. The summed E-state index contributed by atoms with van der Waals surface area (Å²) in [6, 6.07) is 13.8. The summed E-state index contributed by atoms with van der Waals surface area (Å²) < 4.78 is 3.23. The summed E-state index contributed by atoms with van der Waals surface area (Å²) >= 11 is 7.54. The maximum atomic E-state index is 12.4. The lowest BCUT2D eigenvalue weighted by atomic mass is 10.1. The highest BCUT2D eigenvalue weighted by Crippen LogP contribution is 2.19. The van der Waals surface area contributed by atoms with Gasteiger partial charge in [0.25, 0.3) is 0 Å². The maximum Gasteiger partial charge on any atom is 0.244 e. The van der Waals surface area contributed by atoms with E-state index in [4.69, 9.17) is 12.2 Å². The van der Waals surface area contributed by atoms with Gasteiger partial charge >= 0.3 is 0 Å². The summed E-state index contributed by atoms with van der Waals surface area (Å²) in [5.41, 5.74) is 4.02. The van der Waals surface area contributed by atoms with E-state index in [0.717, 1.165) is 20.4 Å². The Morgan fingerprint density at radius 3 is 2.64 bits per heavy atom. The molecule has 0 saturated heterocycles. The second kappa shape index (κ2) is 7.49. The summed E-state index contributed by atoms with van der Waals surface area (Å²) in [4.78, 5) is 12.4. The Balaban J connectivity index is 1.81. The zero-order chi connectivity index (χ0) is 18.0. The number of nitrogens with one attached hydrogen (secondary N) is 2. The maximum absolute atomic E-state index is 12.4. The van der Waals surface area contributed by atoms with E-state index in [0.29, 0.717) is 10.6 Å². The van der Waals surface area contributed by atoms with Crippen molar-refractivity contribution in [2.45, 2.75) is 20.4 Å². The van der Waals surface area contributed by atoms with Gasteiger partial charge in [-0.3, -0.25) is 14.5 Å². The number of benzene rings is 2. The number of aromatic nitrogens is 3. The number of nitrogens with zero attached hydrogens (tertiary/aromatic N) is 2. The van der Waals surface area contributed by atoms with E-state index in [9.17, 15) is 4.79 Å². The Morgan fingerprint density at radius 1 is 1.24 bits per heavy atom. The molecule has 3 aromatic rings. The first-order valence-corrected chi connectivity index (χ1v) is 9.21. The van der Waals surface area contributed by atoms with E-state index >= 15 is 0 Å². The van der Waals surface area contributed by atoms with Crippen LogP contribution in [0.15, 0.2) is 42.5 Å². The SMILES string of the molecule is Cc1ccc(-c2n[nH]c(=S)n2CC(=O)Nc2ccc(C)c(I)c2)cc1. The van der Waals surface area contributed by atoms with Gasteiger partial charge < -0.3 is 5.32 Å². The Bertz CT molecular complexity index is 975. The lowest BCUT2D eigenvalue weighted by Crippen LogP contribution is -2.19. The normalized spacial score (nSPS) is 10.7. The zero-order valence-corrected chi connectivity index (χ0v) is 16.8. The lowest BCUT2D eigenvalue weighted by Gasteiger charge is -2.09. The number of hydrogen-bond acceptors (Lipinski definition) is 3. The van der Waals surface area contributed by atoms with Crippen LogP contribution in [0.1, 0.15) is 11.1 Å². The predicted octanol–water partition coefficient (Wildman–Crippen LogP) is 4.47. The first-order chi connectivity index (χ1) is 11.9. The highest BCUT2D eigenvalue weighted by molar-refractivity contribution is 14.1. The predicted molar refractivity (Wildman–Crippen MR) is 110 cm³/mol. The van der Waals surface area contributed by atoms with Gasteiger partial charge in [-0.2, -0.15) is 5.10 Å². The quantitative estimate of drug-likeness (QED) is 0.443. The largest absolute Gasteiger partial charge is 0.324 e. The fraction of sp³-hybridized carbons (Fsp3) is 0.167. The molecule has 1 heterocycles. The van der Waals surface area contributed by atoms with Crippen LogP contribution in [0, 0.1) is 22.2 Å². The van der Waals surface area contributed by atoms with Crippen molar-refractivity contribution < 1.29 is 4.79 Å². The molecule has 2 N–H and O–H groups in total. The second-order valence-corrected chi connectivity index (χ2v) is 7.37. The monoisotopic (exact) mass is 464 g/mol. The van der Waals surface area contributed by atoms with Crippen molar-refractivity contribution in [2.24, 2.45) is 0 Å². The third-order valence-corrected chi connectivity index (χ3v) is 5.30. The van der Waals surface area contributed by atoms with E-state index in [2.05, 4.69) is 38.1 Å². The van der Waals surface area contributed by atoms with Gasteiger partial charge in [0, 0.05) is 14.8 Å². The molecule has 0 saturated carbocycles. The van der Waals surface area contributed by atoms with Crippen molar-refractivity contribution in [3.05, 3.63) is 61.9 Å². The minimum absolute atomic E-state index is 0.100. The van der Waals surface area contributed by atoms with Crippen LogP contribution in [0.4, 0.5) is 5.69 Å². The molecule has 0 radical (unpaired) electrons. The highest BCUT2D eigenvalue weighted by atomic mass is 127. The van der Waals surface area contributed by atoms with E-state index in [-0.39, 0.29) is 12.5 Å². The number of hydrogen-bond donors (Lipinski definition) is 2. The molecule has 0 bridgehead atoms. The molecule has 0 unspecified atom stereocenters. The molecule has 2 aromatic carbocycles. The van der Waals surface area contributed by atoms with E-state index in [1.807, 2.05) is 56.3 Å². The van der Waals surface area contributed by atoms with Crippen LogP contribution in [-0.2, 0) is 11.3 Å². The minimum Gasteiger partial charge on any atom is -0.324 e. The van der Waals surface area contributed by atoms with Crippen molar-refractivity contribution >= 4 is 46.4 Å². The first kappa shape index (κ1) is 17.8. The van der Waals surface area contributed by atoms with Gasteiger partial charge in [-0.1, -0.05) is 35.9 Å². The summed E-state index contributed by atoms with van der Waals surface area (Å²) in [6.45, 7) is 4.16. The third kappa shape index (κ3) is 4.16. The topological polar surface area (TPSA) is 62.7 Å². The van der Waals surface area contributed by atoms with E-state index in [1.165, 1.54) is 5.56 Å². The highest BCUT2D eigenvalue weighted by Gasteiger charge is 2.12. The average molecular weight is 464 g/mol. The standard InChI is InChI=1S/C18H17IN4OS/c1-11-3-6-13(7-4-11)17-21-22-18(25)23(17)10-16(24)20-14-8-5-12(2)15(19)9-14/h3-9H,10H2,1-2H3,(H,20,24)(H,22,25). The van der Waals surface area contributed by atoms with E-state index < -0.39 is 0 Å². The number of aryl methyl sites for hydroxylation is 2. The number of amides is 1. The number of aromatic amines is 1. The van der Waals surface area contributed by atoms with Crippen LogP contribution >= 0.6 is 34.8 Å². The van der Waals surface area contributed by atoms with Crippen molar-refractivity contribution in [2.75, 3.05) is 5.32 Å². The van der Waals surface area contributed by atoms with Crippen molar-refractivity contribution in [3.63, 3.8) is 0 Å². The number of halogens is 1. The number of rotatable bonds is 4. The van der Waals surface area contributed by atoms with Crippen LogP contribution in [0.2, 0.25) is 0 Å². The number of carbonyl (C=O) groups excluding carboxylic acids is 1. The molecule has 3 rings (SSSR count). The Kier molecular flexibility index (Phi) is 5.33.